The van der Waals surface area contributed by atoms with Crippen LogP contribution >= 0.6 is 0 Å². The lowest BCUT2D eigenvalue weighted by molar-refractivity contribution is -0.154. The summed E-state index contributed by atoms with van der Waals surface area (Å²) in [4.78, 5) is 41.7. The van der Waals surface area contributed by atoms with Crippen LogP contribution in [0.3, 0.4) is 0 Å². The van der Waals surface area contributed by atoms with Gasteiger partial charge in [-0.25, -0.2) is 4.79 Å². The molecule has 1 atom stereocenters. The Labute approximate surface area is 151 Å². The van der Waals surface area contributed by atoms with Gasteiger partial charge >= 0.3 is 5.97 Å². The third-order valence-electron chi connectivity index (χ3n) is 5.07. The van der Waals surface area contributed by atoms with Crippen molar-refractivity contribution >= 4 is 23.5 Å². The third kappa shape index (κ3) is 2.15. The van der Waals surface area contributed by atoms with Gasteiger partial charge in [-0.2, -0.15) is 0 Å². The SMILES string of the molecule is COC(=O)[C@]12CCC(=O)N1c1ccccc1C(=O)N2Cc1ccccc1. The molecule has 0 unspecified atom stereocenters. The highest BCUT2D eigenvalue weighted by atomic mass is 16.5. The van der Waals surface area contributed by atoms with Gasteiger partial charge in [0.1, 0.15) is 0 Å². The van der Waals surface area contributed by atoms with Gasteiger partial charge in [-0.1, -0.05) is 42.5 Å². The van der Waals surface area contributed by atoms with Crippen molar-refractivity contribution in [1.29, 1.82) is 0 Å². The van der Waals surface area contributed by atoms with Crippen LogP contribution in [0.5, 0.6) is 0 Å². The molecule has 0 radical (unpaired) electrons. The topological polar surface area (TPSA) is 66.9 Å². The van der Waals surface area contributed by atoms with E-state index in [0.717, 1.165) is 5.56 Å². The van der Waals surface area contributed by atoms with Crippen molar-refractivity contribution in [2.45, 2.75) is 25.0 Å². The molecular weight excluding hydrogens is 332 g/mol. The summed E-state index contributed by atoms with van der Waals surface area (Å²) in [6.07, 6.45) is 0.396. The van der Waals surface area contributed by atoms with Crippen molar-refractivity contribution in [3.63, 3.8) is 0 Å². The van der Waals surface area contributed by atoms with Crippen LogP contribution in [0.2, 0.25) is 0 Å². The normalized spacial score (nSPS) is 21.4. The van der Waals surface area contributed by atoms with E-state index in [2.05, 4.69) is 0 Å². The van der Waals surface area contributed by atoms with Gasteiger partial charge in [0.15, 0.2) is 0 Å². The van der Waals surface area contributed by atoms with Crippen LogP contribution in [0.4, 0.5) is 5.69 Å². The highest BCUT2D eigenvalue weighted by Crippen LogP contribution is 2.45. The monoisotopic (exact) mass is 350 g/mol. The van der Waals surface area contributed by atoms with Crippen molar-refractivity contribution in [2.75, 3.05) is 12.0 Å². The lowest BCUT2D eigenvalue weighted by Crippen LogP contribution is -2.68. The summed E-state index contributed by atoms with van der Waals surface area (Å²) in [5, 5.41) is 0. The van der Waals surface area contributed by atoms with Gasteiger partial charge in [-0.05, 0) is 17.7 Å². The average Bonchev–Trinajstić information content (AvgIpc) is 3.03. The maximum Gasteiger partial charge on any atom is 0.353 e. The predicted octanol–water partition coefficient (Wildman–Crippen LogP) is 2.34. The number of nitrogens with zero attached hydrogens (tertiary/aromatic N) is 2. The molecule has 0 N–H and O–H groups in total. The molecule has 0 aromatic heterocycles. The van der Waals surface area contributed by atoms with Gasteiger partial charge in [0.2, 0.25) is 11.6 Å². The first-order valence-electron chi connectivity index (χ1n) is 8.46. The number of hydrogen-bond donors (Lipinski definition) is 0. The second kappa shape index (κ2) is 5.98. The first-order chi connectivity index (χ1) is 12.6. The quantitative estimate of drug-likeness (QED) is 0.797. The molecule has 2 aromatic rings. The third-order valence-corrected chi connectivity index (χ3v) is 5.07. The van der Waals surface area contributed by atoms with Crippen LogP contribution in [0.1, 0.15) is 28.8 Å². The Balaban J connectivity index is 1.92. The van der Waals surface area contributed by atoms with Gasteiger partial charge in [0, 0.05) is 19.4 Å². The van der Waals surface area contributed by atoms with E-state index in [1.807, 2.05) is 30.3 Å². The zero-order chi connectivity index (χ0) is 18.3. The molecule has 2 aliphatic rings. The number of amides is 2. The highest BCUT2D eigenvalue weighted by molar-refractivity contribution is 6.15. The van der Waals surface area contributed by atoms with E-state index in [0.29, 0.717) is 11.3 Å². The summed E-state index contributed by atoms with van der Waals surface area (Å²) in [6.45, 7) is 0.215. The summed E-state index contributed by atoms with van der Waals surface area (Å²) >= 11 is 0. The molecule has 2 heterocycles. The fourth-order valence-corrected chi connectivity index (χ4v) is 3.90. The van der Waals surface area contributed by atoms with Crippen LogP contribution in [0.25, 0.3) is 0 Å². The van der Waals surface area contributed by atoms with Crippen molar-refractivity contribution in [3.8, 4) is 0 Å². The van der Waals surface area contributed by atoms with E-state index in [1.165, 1.54) is 16.9 Å². The molecule has 1 fully saturated rings. The first kappa shape index (κ1) is 16.3. The summed E-state index contributed by atoms with van der Waals surface area (Å²) in [5.41, 5.74) is 0.323. The fraction of sp³-hybridized carbons (Fsp3) is 0.250. The zero-order valence-electron chi connectivity index (χ0n) is 14.3. The Morgan fingerprint density at radius 2 is 1.77 bits per heavy atom. The maximum atomic E-state index is 13.3. The largest absolute Gasteiger partial charge is 0.466 e. The lowest BCUT2D eigenvalue weighted by Gasteiger charge is -2.48. The molecule has 26 heavy (non-hydrogen) atoms. The van der Waals surface area contributed by atoms with E-state index >= 15 is 0 Å². The smallest absolute Gasteiger partial charge is 0.353 e. The van der Waals surface area contributed by atoms with E-state index in [9.17, 15) is 14.4 Å². The number of benzene rings is 2. The molecule has 0 spiro atoms. The number of anilines is 1. The highest BCUT2D eigenvalue weighted by Gasteiger charge is 2.61. The van der Waals surface area contributed by atoms with E-state index in [-0.39, 0.29) is 31.2 Å². The van der Waals surface area contributed by atoms with Crippen molar-refractivity contribution < 1.29 is 19.1 Å². The van der Waals surface area contributed by atoms with E-state index in [4.69, 9.17) is 4.74 Å². The molecule has 1 saturated heterocycles. The Hall–Kier alpha value is -3.15. The molecule has 0 aliphatic carbocycles. The Bertz CT molecular complexity index is 896. The summed E-state index contributed by atoms with van der Waals surface area (Å²) in [6, 6.07) is 16.3. The fourth-order valence-electron chi connectivity index (χ4n) is 3.90. The molecule has 132 valence electrons. The molecule has 2 amide bonds. The second-order valence-corrected chi connectivity index (χ2v) is 6.43. The van der Waals surface area contributed by atoms with Crippen LogP contribution in [0, 0.1) is 0 Å². The number of ether oxygens (including phenoxy) is 1. The number of esters is 1. The number of carbonyl (C=O) groups excluding carboxylic acids is 3. The van der Waals surface area contributed by atoms with Crippen molar-refractivity contribution in [2.24, 2.45) is 0 Å². The van der Waals surface area contributed by atoms with Gasteiger partial charge in [0.25, 0.3) is 5.91 Å². The van der Waals surface area contributed by atoms with Crippen LogP contribution < -0.4 is 4.90 Å². The van der Waals surface area contributed by atoms with E-state index in [1.54, 1.807) is 24.3 Å². The van der Waals surface area contributed by atoms with Gasteiger partial charge in [0.05, 0.1) is 18.4 Å². The Morgan fingerprint density at radius 1 is 1.08 bits per heavy atom. The minimum Gasteiger partial charge on any atom is -0.466 e. The number of rotatable bonds is 3. The number of methoxy groups -OCH3 is 1. The number of carbonyl (C=O) groups is 3. The van der Waals surface area contributed by atoms with Crippen LogP contribution in [-0.4, -0.2) is 35.5 Å². The molecule has 6 heteroatoms. The standard InChI is InChI=1S/C20H18N2O4/c1-26-19(25)20-12-11-17(23)22(20)16-10-6-5-9-15(16)18(24)21(20)13-14-7-3-2-4-8-14/h2-10H,11-13H2,1H3/t20-/m0/s1. The molecular formula is C20H18N2O4. The maximum absolute atomic E-state index is 13.3. The second-order valence-electron chi connectivity index (χ2n) is 6.43. The van der Waals surface area contributed by atoms with Crippen molar-refractivity contribution in [1.82, 2.24) is 4.90 Å². The molecule has 6 nitrogen and oxygen atoms in total. The Kier molecular flexibility index (Phi) is 3.76. The number of fused-ring (bicyclic) bond motifs is 3. The number of para-hydroxylation sites is 1. The van der Waals surface area contributed by atoms with Gasteiger partial charge in [-0.15, -0.1) is 0 Å². The lowest BCUT2D eigenvalue weighted by atomic mass is 9.95. The molecule has 4 rings (SSSR count). The average molecular weight is 350 g/mol. The van der Waals surface area contributed by atoms with Gasteiger partial charge < -0.3 is 9.64 Å². The predicted molar refractivity (Wildman–Crippen MR) is 94.2 cm³/mol. The number of hydrogen-bond acceptors (Lipinski definition) is 4. The van der Waals surface area contributed by atoms with Crippen molar-refractivity contribution in [3.05, 3.63) is 65.7 Å². The zero-order valence-corrected chi connectivity index (χ0v) is 14.3. The molecule has 0 saturated carbocycles. The minimum atomic E-state index is -1.44. The van der Waals surface area contributed by atoms with Crippen LogP contribution in [-0.2, 0) is 20.9 Å². The van der Waals surface area contributed by atoms with E-state index < -0.39 is 11.6 Å². The first-order valence-corrected chi connectivity index (χ1v) is 8.46. The van der Waals surface area contributed by atoms with Gasteiger partial charge in [-0.3, -0.25) is 14.5 Å². The molecule has 2 aliphatic heterocycles. The molecule has 2 aromatic carbocycles. The summed E-state index contributed by atoms with van der Waals surface area (Å²) in [7, 11) is 1.28. The summed E-state index contributed by atoms with van der Waals surface area (Å²) in [5.74, 6) is -1.06. The molecule has 0 bridgehead atoms. The summed E-state index contributed by atoms with van der Waals surface area (Å²) < 4.78 is 5.05. The van der Waals surface area contributed by atoms with Crippen LogP contribution in [0.15, 0.2) is 54.6 Å². The minimum absolute atomic E-state index is 0.183. The Morgan fingerprint density at radius 3 is 2.50 bits per heavy atom.